The number of rotatable bonds is 2. The van der Waals surface area contributed by atoms with E-state index in [1.54, 1.807) is 7.11 Å². The van der Waals surface area contributed by atoms with Gasteiger partial charge >= 0.3 is 0 Å². The highest BCUT2D eigenvalue weighted by Crippen LogP contribution is 2.58. The zero-order valence-corrected chi connectivity index (χ0v) is 14.9. The third-order valence-corrected chi connectivity index (χ3v) is 7.09. The minimum Gasteiger partial charge on any atom is -0.501 e. The van der Waals surface area contributed by atoms with E-state index in [9.17, 15) is 4.79 Å². The predicted molar refractivity (Wildman–Crippen MR) is 94.0 cm³/mol. The van der Waals surface area contributed by atoms with Gasteiger partial charge in [-0.05, 0) is 75.2 Å². The normalized spacial score (nSPS) is 40.8. The molecule has 0 aromatic carbocycles. The standard InChI is InChI=1S/C21H32O2/c1-4-21-13-12-16-6-5-7-17(23-3)14-15(2)8-9-18(16)19(21)10-11-20(21)22/h7,16,18-19H,2,4-6,8-14H2,1,3H3/b17-7+/t16-,18+,19-,21-/m0/s1. The van der Waals surface area contributed by atoms with Crippen molar-refractivity contribution in [1.29, 1.82) is 0 Å². The number of hydrogen-bond donors (Lipinski definition) is 0. The smallest absolute Gasteiger partial charge is 0.139 e. The molecule has 2 nitrogen and oxygen atoms in total. The Morgan fingerprint density at radius 2 is 2.09 bits per heavy atom. The number of carbonyl (C=O) groups is 1. The van der Waals surface area contributed by atoms with Crippen LogP contribution in [0.1, 0.15) is 71.1 Å². The Bertz CT molecular complexity index is 504. The average Bonchev–Trinajstić information content (AvgIpc) is 2.90. The Morgan fingerprint density at radius 3 is 2.83 bits per heavy atom. The molecule has 0 aromatic rings. The van der Waals surface area contributed by atoms with E-state index >= 15 is 0 Å². The first-order chi connectivity index (χ1) is 11.1. The first-order valence-corrected chi connectivity index (χ1v) is 9.53. The van der Waals surface area contributed by atoms with Gasteiger partial charge in [0.1, 0.15) is 5.78 Å². The van der Waals surface area contributed by atoms with Gasteiger partial charge in [-0.1, -0.05) is 19.1 Å². The number of ketones is 1. The third-order valence-electron chi connectivity index (χ3n) is 7.09. The first-order valence-electron chi connectivity index (χ1n) is 9.53. The van der Waals surface area contributed by atoms with Crippen LogP contribution < -0.4 is 0 Å². The van der Waals surface area contributed by atoms with Crippen molar-refractivity contribution in [1.82, 2.24) is 0 Å². The summed E-state index contributed by atoms with van der Waals surface area (Å²) in [5, 5.41) is 0. The highest BCUT2D eigenvalue weighted by atomic mass is 16.5. The summed E-state index contributed by atoms with van der Waals surface area (Å²) in [6.07, 6.45) is 13.2. The van der Waals surface area contributed by atoms with E-state index in [1.165, 1.54) is 24.8 Å². The minimum absolute atomic E-state index is 0.0279. The predicted octanol–water partition coefficient (Wildman–Crippen LogP) is 5.44. The van der Waals surface area contributed by atoms with Crippen LogP contribution in [-0.2, 0) is 9.53 Å². The van der Waals surface area contributed by atoms with Gasteiger partial charge in [0.05, 0.1) is 12.9 Å². The number of carbonyl (C=O) groups excluding carboxylic acids is 1. The SMILES string of the molecule is C=C1CC[C@@H]2[C@@H](CC/C=C(/OC)C1)CC[C@]1(CC)C(=O)CC[C@@H]21. The van der Waals surface area contributed by atoms with Crippen molar-refractivity contribution >= 4 is 5.78 Å². The molecule has 4 atom stereocenters. The topological polar surface area (TPSA) is 26.3 Å². The van der Waals surface area contributed by atoms with Gasteiger partial charge in [-0.2, -0.15) is 0 Å². The van der Waals surface area contributed by atoms with Crippen LogP contribution in [0.5, 0.6) is 0 Å². The molecule has 0 N–H and O–H groups in total. The summed E-state index contributed by atoms with van der Waals surface area (Å²) >= 11 is 0. The molecule has 0 saturated heterocycles. The Balaban J connectivity index is 1.82. The molecular formula is C21H32O2. The zero-order chi connectivity index (χ0) is 16.4. The molecule has 3 rings (SSSR count). The van der Waals surface area contributed by atoms with Crippen LogP contribution in [0.4, 0.5) is 0 Å². The minimum atomic E-state index is 0.0279. The van der Waals surface area contributed by atoms with E-state index in [0.29, 0.717) is 11.7 Å². The lowest BCUT2D eigenvalue weighted by atomic mass is 9.56. The third kappa shape index (κ3) is 3.02. The van der Waals surface area contributed by atoms with E-state index in [-0.39, 0.29) is 5.41 Å². The van der Waals surface area contributed by atoms with E-state index in [1.807, 2.05) is 0 Å². The molecule has 0 heterocycles. The second-order valence-corrected chi connectivity index (χ2v) is 7.96. The van der Waals surface area contributed by atoms with Crippen molar-refractivity contribution in [2.75, 3.05) is 7.11 Å². The number of fused-ring (bicyclic) bond motifs is 3. The van der Waals surface area contributed by atoms with E-state index in [2.05, 4.69) is 19.6 Å². The summed E-state index contributed by atoms with van der Waals surface area (Å²) in [6, 6.07) is 0. The summed E-state index contributed by atoms with van der Waals surface area (Å²) in [5.41, 5.74) is 1.32. The molecular weight excluding hydrogens is 284 g/mol. The van der Waals surface area contributed by atoms with Crippen molar-refractivity contribution < 1.29 is 9.53 Å². The molecule has 3 aliphatic carbocycles. The van der Waals surface area contributed by atoms with Gasteiger partial charge in [0, 0.05) is 18.3 Å². The van der Waals surface area contributed by atoms with E-state index in [0.717, 1.165) is 62.5 Å². The second kappa shape index (κ2) is 6.83. The van der Waals surface area contributed by atoms with Gasteiger partial charge in [0.2, 0.25) is 0 Å². The molecule has 0 radical (unpaired) electrons. The van der Waals surface area contributed by atoms with E-state index < -0.39 is 0 Å². The molecule has 2 fully saturated rings. The molecule has 0 aliphatic heterocycles. The summed E-state index contributed by atoms with van der Waals surface area (Å²) in [7, 11) is 1.77. The lowest BCUT2D eigenvalue weighted by Crippen LogP contribution is -2.43. The van der Waals surface area contributed by atoms with Crippen LogP contribution in [0.25, 0.3) is 0 Å². The Morgan fingerprint density at radius 1 is 1.26 bits per heavy atom. The zero-order valence-electron chi connectivity index (χ0n) is 14.9. The Kier molecular flexibility index (Phi) is 4.98. The molecule has 3 aliphatic rings. The van der Waals surface area contributed by atoms with Gasteiger partial charge in [-0.25, -0.2) is 0 Å². The number of hydrogen-bond acceptors (Lipinski definition) is 2. The van der Waals surface area contributed by atoms with Gasteiger partial charge in [-0.15, -0.1) is 0 Å². The molecule has 128 valence electrons. The Labute approximate surface area is 141 Å². The van der Waals surface area contributed by atoms with Crippen molar-refractivity contribution in [3.05, 3.63) is 24.0 Å². The van der Waals surface area contributed by atoms with Crippen molar-refractivity contribution in [2.24, 2.45) is 23.2 Å². The molecule has 0 bridgehead atoms. The maximum Gasteiger partial charge on any atom is 0.139 e. The van der Waals surface area contributed by atoms with Gasteiger partial charge in [-0.3, -0.25) is 4.79 Å². The number of Topliss-reactive ketones (excluding diaryl/α,β-unsaturated/α-hetero) is 1. The molecule has 0 spiro atoms. The molecule has 0 aromatic heterocycles. The molecule has 2 saturated carbocycles. The van der Waals surface area contributed by atoms with Crippen LogP contribution in [0.3, 0.4) is 0 Å². The van der Waals surface area contributed by atoms with Crippen LogP contribution in [0, 0.1) is 23.2 Å². The largest absolute Gasteiger partial charge is 0.501 e. The molecule has 2 heteroatoms. The molecule has 23 heavy (non-hydrogen) atoms. The number of ether oxygens (including phenoxy) is 1. The quantitative estimate of drug-likeness (QED) is 0.634. The van der Waals surface area contributed by atoms with Gasteiger partial charge in [0.25, 0.3) is 0 Å². The van der Waals surface area contributed by atoms with Crippen molar-refractivity contribution in [3.8, 4) is 0 Å². The maximum absolute atomic E-state index is 12.6. The maximum atomic E-state index is 12.6. The monoisotopic (exact) mass is 316 g/mol. The lowest BCUT2D eigenvalue weighted by molar-refractivity contribution is -0.131. The summed E-state index contributed by atoms with van der Waals surface area (Å²) in [5.74, 6) is 3.80. The number of allylic oxidation sites excluding steroid dienone is 2. The summed E-state index contributed by atoms with van der Waals surface area (Å²) in [4.78, 5) is 12.6. The fraction of sp³-hybridized carbons (Fsp3) is 0.762. The lowest BCUT2D eigenvalue weighted by Gasteiger charge is -2.47. The molecule has 0 amide bonds. The highest BCUT2D eigenvalue weighted by molar-refractivity contribution is 5.87. The Hall–Kier alpha value is -1.05. The summed E-state index contributed by atoms with van der Waals surface area (Å²) < 4.78 is 5.50. The van der Waals surface area contributed by atoms with Crippen LogP contribution >= 0.6 is 0 Å². The molecule has 0 unspecified atom stereocenters. The van der Waals surface area contributed by atoms with Crippen LogP contribution in [0.15, 0.2) is 24.0 Å². The van der Waals surface area contributed by atoms with Crippen molar-refractivity contribution in [2.45, 2.75) is 71.1 Å². The van der Waals surface area contributed by atoms with Crippen molar-refractivity contribution in [3.63, 3.8) is 0 Å². The first kappa shape index (κ1) is 16.8. The van der Waals surface area contributed by atoms with E-state index in [4.69, 9.17) is 4.74 Å². The van der Waals surface area contributed by atoms with Crippen LogP contribution in [0.2, 0.25) is 0 Å². The van der Waals surface area contributed by atoms with Gasteiger partial charge < -0.3 is 4.74 Å². The second-order valence-electron chi connectivity index (χ2n) is 7.96. The van der Waals surface area contributed by atoms with Crippen LogP contribution in [-0.4, -0.2) is 12.9 Å². The number of methoxy groups -OCH3 is 1. The highest BCUT2D eigenvalue weighted by Gasteiger charge is 2.54. The average molecular weight is 316 g/mol. The fourth-order valence-corrected chi connectivity index (χ4v) is 5.78. The van der Waals surface area contributed by atoms with Gasteiger partial charge in [0.15, 0.2) is 0 Å². The fourth-order valence-electron chi connectivity index (χ4n) is 5.78. The summed E-state index contributed by atoms with van der Waals surface area (Å²) in [6.45, 7) is 6.51.